The minimum atomic E-state index is -0.720. The molecule has 0 aliphatic heterocycles. The molecule has 1 aromatic carbocycles. The number of aliphatic hydroxyl groups excluding tert-OH is 1. The maximum atomic E-state index is 11.6. The lowest BCUT2D eigenvalue weighted by atomic mass is 10.1. The van der Waals surface area contributed by atoms with Crippen molar-refractivity contribution >= 4 is 12.0 Å². The van der Waals surface area contributed by atoms with Crippen LogP contribution in [0.25, 0.3) is 0 Å². The van der Waals surface area contributed by atoms with Crippen LogP contribution in [0.1, 0.15) is 11.7 Å². The monoisotopic (exact) mass is 301 g/mol. The van der Waals surface area contributed by atoms with E-state index in [0.29, 0.717) is 19.0 Å². The van der Waals surface area contributed by atoms with E-state index < -0.39 is 6.10 Å². The minimum Gasteiger partial charge on any atom is -0.387 e. The van der Waals surface area contributed by atoms with Crippen LogP contribution in [0.3, 0.4) is 0 Å². The van der Waals surface area contributed by atoms with Crippen LogP contribution in [-0.4, -0.2) is 40.7 Å². The number of carbonyl (C=O) groups is 1. The fraction of sp³-hybridized carbons (Fsp3) is 0.267. The first-order chi connectivity index (χ1) is 10.8. The smallest absolute Gasteiger partial charge is 0.314 e. The number of rotatable bonds is 7. The number of aliphatic hydroxyl groups is 1. The summed E-state index contributed by atoms with van der Waals surface area (Å²) >= 11 is 0. The van der Waals surface area contributed by atoms with Crippen LogP contribution in [-0.2, 0) is 0 Å². The van der Waals surface area contributed by atoms with Crippen molar-refractivity contribution in [3.63, 3.8) is 0 Å². The van der Waals surface area contributed by atoms with Gasteiger partial charge in [0.15, 0.2) is 0 Å². The van der Waals surface area contributed by atoms with Crippen molar-refractivity contribution in [2.24, 2.45) is 0 Å². The first-order valence-electron chi connectivity index (χ1n) is 7.01. The van der Waals surface area contributed by atoms with Crippen molar-refractivity contribution < 1.29 is 9.90 Å². The molecule has 0 saturated heterocycles. The molecule has 2 rings (SSSR count). The summed E-state index contributed by atoms with van der Waals surface area (Å²) in [5.41, 5.74) is 0.769. The number of nitrogens with one attached hydrogen (secondary N) is 3. The Labute approximate surface area is 128 Å². The number of carbonyl (C=O) groups excluding carboxylic acids is 1. The minimum absolute atomic E-state index is 0.158. The number of benzene rings is 1. The molecule has 2 aromatic rings. The Kier molecular flexibility index (Phi) is 6.13. The maximum absolute atomic E-state index is 11.6. The Morgan fingerprint density at radius 3 is 2.50 bits per heavy atom. The molecule has 0 spiro atoms. The molecular weight excluding hydrogens is 282 g/mol. The summed E-state index contributed by atoms with van der Waals surface area (Å²) in [6, 6.07) is 10.6. The summed E-state index contributed by atoms with van der Waals surface area (Å²) in [4.78, 5) is 19.6. The molecule has 1 aromatic heterocycles. The first-order valence-corrected chi connectivity index (χ1v) is 7.01. The summed E-state index contributed by atoms with van der Waals surface area (Å²) in [5.74, 6) is 0.518. The number of aromatic nitrogens is 2. The van der Waals surface area contributed by atoms with E-state index in [-0.39, 0.29) is 12.6 Å². The quantitative estimate of drug-likeness (QED) is 0.570. The van der Waals surface area contributed by atoms with Gasteiger partial charge < -0.3 is 21.1 Å². The molecule has 0 saturated carbocycles. The molecule has 1 atom stereocenters. The van der Waals surface area contributed by atoms with E-state index in [9.17, 15) is 9.90 Å². The summed E-state index contributed by atoms with van der Waals surface area (Å²) in [5, 5.41) is 18.2. The number of amides is 2. The molecule has 0 bridgehead atoms. The van der Waals surface area contributed by atoms with Crippen LogP contribution in [0.5, 0.6) is 0 Å². The van der Waals surface area contributed by atoms with E-state index in [4.69, 9.17) is 0 Å². The summed E-state index contributed by atoms with van der Waals surface area (Å²) in [6.07, 6.45) is 2.56. The molecule has 1 unspecified atom stereocenters. The molecule has 1 heterocycles. The van der Waals surface area contributed by atoms with E-state index in [1.807, 2.05) is 30.3 Å². The van der Waals surface area contributed by atoms with Gasteiger partial charge in [-0.15, -0.1) is 0 Å². The second-order valence-electron chi connectivity index (χ2n) is 4.56. The second kappa shape index (κ2) is 8.58. The summed E-state index contributed by atoms with van der Waals surface area (Å²) in [7, 11) is 0. The molecule has 0 fully saturated rings. The third-order valence-electron chi connectivity index (χ3n) is 2.90. The SMILES string of the molecule is O=C(NCCNc1ncccn1)NCC(O)c1ccccc1. The van der Waals surface area contributed by atoms with Crippen LogP contribution in [0.15, 0.2) is 48.8 Å². The fourth-order valence-corrected chi connectivity index (χ4v) is 1.79. The molecule has 0 aliphatic carbocycles. The predicted octanol–water partition coefficient (Wildman–Crippen LogP) is 0.921. The highest BCUT2D eigenvalue weighted by atomic mass is 16.3. The van der Waals surface area contributed by atoms with Gasteiger partial charge in [0, 0.05) is 32.0 Å². The molecule has 0 aliphatic rings. The summed E-state index contributed by atoms with van der Waals surface area (Å²) in [6.45, 7) is 1.09. The van der Waals surface area contributed by atoms with Gasteiger partial charge in [-0.2, -0.15) is 0 Å². The maximum Gasteiger partial charge on any atom is 0.314 e. The normalized spacial score (nSPS) is 11.5. The Balaban J connectivity index is 1.60. The largest absolute Gasteiger partial charge is 0.387 e. The molecule has 116 valence electrons. The molecule has 4 N–H and O–H groups in total. The number of anilines is 1. The van der Waals surface area contributed by atoms with Gasteiger partial charge in [-0.3, -0.25) is 0 Å². The van der Waals surface area contributed by atoms with Crippen LogP contribution >= 0.6 is 0 Å². The number of hydrogen-bond donors (Lipinski definition) is 4. The van der Waals surface area contributed by atoms with Crippen LogP contribution in [0.2, 0.25) is 0 Å². The lowest BCUT2D eigenvalue weighted by Crippen LogP contribution is -2.39. The molecular formula is C15H19N5O2. The predicted molar refractivity (Wildman–Crippen MR) is 83.3 cm³/mol. The van der Waals surface area contributed by atoms with Gasteiger partial charge in [0.05, 0.1) is 6.10 Å². The van der Waals surface area contributed by atoms with Crippen LogP contribution in [0.4, 0.5) is 10.7 Å². The van der Waals surface area contributed by atoms with Crippen LogP contribution in [0, 0.1) is 0 Å². The van der Waals surface area contributed by atoms with Crippen molar-refractivity contribution in [2.45, 2.75) is 6.10 Å². The average Bonchev–Trinajstić information content (AvgIpc) is 2.58. The summed E-state index contributed by atoms with van der Waals surface area (Å²) < 4.78 is 0. The fourth-order valence-electron chi connectivity index (χ4n) is 1.79. The molecule has 2 amide bonds. The van der Waals surface area contributed by atoms with Crippen molar-refractivity contribution in [2.75, 3.05) is 25.0 Å². The Bertz CT molecular complexity index is 565. The third-order valence-corrected chi connectivity index (χ3v) is 2.90. The van der Waals surface area contributed by atoms with E-state index in [1.54, 1.807) is 18.5 Å². The van der Waals surface area contributed by atoms with Gasteiger partial charge in [0.25, 0.3) is 0 Å². The standard InChI is InChI=1S/C15H19N5O2/c21-13(12-5-2-1-3-6-12)11-20-15(22)19-10-9-18-14-16-7-4-8-17-14/h1-8,13,21H,9-11H2,(H,16,17,18)(H2,19,20,22). The highest BCUT2D eigenvalue weighted by molar-refractivity contribution is 5.73. The average molecular weight is 301 g/mol. The van der Waals surface area contributed by atoms with E-state index >= 15 is 0 Å². The lowest BCUT2D eigenvalue weighted by Gasteiger charge is -2.13. The Morgan fingerprint density at radius 2 is 1.77 bits per heavy atom. The zero-order valence-electron chi connectivity index (χ0n) is 12.1. The second-order valence-corrected chi connectivity index (χ2v) is 4.56. The molecule has 0 radical (unpaired) electrons. The van der Waals surface area contributed by atoms with Gasteiger partial charge in [0.2, 0.25) is 5.95 Å². The van der Waals surface area contributed by atoms with Crippen molar-refractivity contribution in [1.29, 1.82) is 0 Å². The number of nitrogens with zero attached hydrogens (tertiary/aromatic N) is 2. The Morgan fingerprint density at radius 1 is 1.05 bits per heavy atom. The highest BCUT2D eigenvalue weighted by Crippen LogP contribution is 2.10. The van der Waals surface area contributed by atoms with Crippen molar-refractivity contribution in [1.82, 2.24) is 20.6 Å². The molecule has 7 nitrogen and oxygen atoms in total. The molecule has 7 heteroatoms. The van der Waals surface area contributed by atoms with Crippen LogP contribution < -0.4 is 16.0 Å². The van der Waals surface area contributed by atoms with Gasteiger partial charge in [0.1, 0.15) is 0 Å². The van der Waals surface area contributed by atoms with E-state index in [2.05, 4.69) is 25.9 Å². The van der Waals surface area contributed by atoms with Gasteiger partial charge in [-0.25, -0.2) is 14.8 Å². The zero-order valence-corrected chi connectivity index (χ0v) is 12.1. The van der Waals surface area contributed by atoms with Gasteiger partial charge in [-0.05, 0) is 11.6 Å². The van der Waals surface area contributed by atoms with Gasteiger partial charge in [-0.1, -0.05) is 30.3 Å². The van der Waals surface area contributed by atoms with E-state index in [0.717, 1.165) is 5.56 Å². The first kappa shape index (κ1) is 15.7. The topological polar surface area (TPSA) is 99.2 Å². The number of urea groups is 1. The number of hydrogen-bond acceptors (Lipinski definition) is 5. The molecule has 22 heavy (non-hydrogen) atoms. The van der Waals surface area contributed by atoms with E-state index in [1.165, 1.54) is 0 Å². The lowest BCUT2D eigenvalue weighted by molar-refractivity contribution is 0.173. The van der Waals surface area contributed by atoms with Crippen molar-refractivity contribution in [3.05, 3.63) is 54.4 Å². The van der Waals surface area contributed by atoms with Crippen molar-refractivity contribution in [3.8, 4) is 0 Å². The third kappa shape index (κ3) is 5.37. The highest BCUT2D eigenvalue weighted by Gasteiger charge is 2.08. The zero-order chi connectivity index (χ0) is 15.6. The Hall–Kier alpha value is -2.67. The van der Waals surface area contributed by atoms with Gasteiger partial charge >= 0.3 is 6.03 Å².